The highest BCUT2D eigenvalue weighted by Crippen LogP contribution is 2.24. The van der Waals surface area contributed by atoms with E-state index in [1.165, 1.54) is 29.7 Å². The van der Waals surface area contributed by atoms with Gasteiger partial charge < -0.3 is 10.2 Å². The lowest BCUT2D eigenvalue weighted by Crippen LogP contribution is -2.32. The number of amides is 1. The molecule has 0 aliphatic carbocycles. The monoisotopic (exact) mass is 396 g/mol. The molecule has 0 aromatic heterocycles. The number of carbonyl (C=O) groups is 1. The average Bonchev–Trinajstić information content (AvgIpc) is 2.73. The molecular formula is C24H32N2OS. The van der Waals surface area contributed by atoms with Crippen LogP contribution in [0.4, 0.5) is 5.69 Å². The second-order valence-corrected chi connectivity index (χ2v) is 8.94. The first-order valence-corrected chi connectivity index (χ1v) is 11.5. The summed E-state index contributed by atoms with van der Waals surface area (Å²) in [5.41, 5.74) is 3.77. The van der Waals surface area contributed by atoms with Crippen molar-refractivity contribution >= 4 is 23.4 Å². The molecule has 3 nitrogen and oxygen atoms in total. The molecule has 1 atom stereocenters. The summed E-state index contributed by atoms with van der Waals surface area (Å²) in [5.74, 6) is 2.78. The van der Waals surface area contributed by atoms with E-state index < -0.39 is 0 Å². The zero-order chi connectivity index (χ0) is 19.8. The third-order valence-corrected chi connectivity index (χ3v) is 6.53. The van der Waals surface area contributed by atoms with Gasteiger partial charge in [0.2, 0.25) is 5.91 Å². The molecule has 0 unspecified atom stereocenters. The molecule has 0 spiro atoms. The number of nitrogens with one attached hydrogen (secondary N) is 1. The lowest BCUT2D eigenvalue weighted by Gasteiger charge is -2.32. The Kier molecular flexibility index (Phi) is 7.84. The average molecular weight is 397 g/mol. The van der Waals surface area contributed by atoms with Crippen molar-refractivity contribution in [3.05, 3.63) is 65.7 Å². The summed E-state index contributed by atoms with van der Waals surface area (Å²) < 4.78 is 0. The van der Waals surface area contributed by atoms with E-state index in [0.29, 0.717) is 6.42 Å². The molecule has 4 heteroatoms. The van der Waals surface area contributed by atoms with Crippen LogP contribution in [-0.2, 0) is 10.5 Å². The minimum Gasteiger partial charge on any atom is -0.372 e. The first-order valence-electron chi connectivity index (χ1n) is 10.4. The third-order valence-electron chi connectivity index (χ3n) is 5.50. The van der Waals surface area contributed by atoms with E-state index in [4.69, 9.17) is 0 Å². The van der Waals surface area contributed by atoms with Crippen molar-refractivity contribution in [2.45, 2.75) is 44.9 Å². The van der Waals surface area contributed by atoms with Gasteiger partial charge in [0.25, 0.3) is 0 Å². The molecule has 1 aliphatic heterocycles. The number of benzene rings is 2. The van der Waals surface area contributed by atoms with E-state index in [0.717, 1.165) is 30.5 Å². The molecule has 1 saturated heterocycles. The van der Waals surface area contributed by atoms with Gasteiger partial charge in [0.05, 0.1) is 6.04 Å². The van der Waals surface area contributed by atoms with Gasteiger partial charge in [-0.3, -0.25) is 4.79 Å². The fourth-order valence-electron chi connectivity index (χ4n) is 3.57. The predicted molar refractivity (Wildman–Crippen MR) is 121 cm³/mol. The molecular weight excluding hydrogens is 364 g/mol. The van der Waals surface area contributed by atoms with E-state index in [9.17, 15) is 4.79 Å². The van der Waals surface area contributed by atoms with Crippen LogP contribution in [0.3, 0.4) is 0 Å². The molecule has 3 rings (SSSR count). The van der Waals surface area contributed by atoms with Crippen LogP contribution in [-0.4, -0.2) is 24.7 Å². The number of thioether (sulfide) groups is 1. The Bertz CT molecular complexity index is 724. The van der Waals surface area contributed by atoms with Gasteiger partial charge >= 0.3 is 0 Å². The molecule has 1 amide bonds. The maximum atomic E-state index is 12.3. The molecule has 150 valence electrons. The Balaban J connectivity index is 1.40. The molecule has 2 aromatic rings. The molecule has 1 fully saturated rings. The van der Waals surface area contributed by atoms with E-state index in [-0.39, 0.29) is 11.9 Å². The van der Waals surface area contributed by atoms with Crippen molar-refractivity contribution in [3.63, 3.8) is 0 Å². The van der Waals surface area contributed by atoms with Crippen molar-refractivity contribution in [1.82, 2.24) is 5.32 Å². The molecule has 0 saturated carbocycles. The SMILES string of the molecule is CC1CCN(c2ccc([C@H](C)NC(=O)CCSCc3ccccc3)cc2)CC1. The molecule has 2 aromatic carbocycles. The number of piperidine rings is 1. The van der Waals surface area contributed by atoms with Gasteiger partial charge in [-0.15, -0.1) is 0 Å². The van der Waals surface area contributed by atoms with Crippen LogP contribution in [0, 0.1) is 5.92 Å². The van der Waals surface area contributed by atoms with Crippen molar-refractivity contribution in [2.75, 3.05) is 23.7 Å². The summed E-state index contributed by atoms with van der Waals surface area (Å²) in [5, 5.41) is 3.13. The van der Waals surface area contributed by atoms with Gasteiger partial charge in [0.1, 0.15) is 0 Å². The minimum absolute atomic E-state index is 0.0436. The van der Waals surface area contributed by atoms with Crippen molar-refractivity contribution < 1.29 is 4.79 Å². The first kappa shape index (κ1) is 20.8. The van der Waals surface area contributed by atoms with E-state index >= 15 is 0 Å². The van der Waals surface area contributed by atoms with Gasteiger partial charge in [-0.1, -0.05) is 49.4 Å². The van der Waals surface area contributed by atoms with E-state index in [1.54, 1.807) is 0 Å². The number of nitrogens with zero attached hydrogens (tertiary/aromatic N) is 1. The lowest BCUT2D eigenvalue weighted by molar-refractivity contribution is -0.121. The Morgan fingerprint density at radius 1 is 1.11 bits per heavy atom. The molecule has 1 heterocycles. The van der Waals surface area contributed by atoms with Crippen molar-refractivity contribution in [2.24, 2.45) is 5.92 Å². The van der Waals surface area contributed by atoms with Gasteiger partial charge in [0.15, 0.2) is 0 Å². The summed E-state index contributed by atoms with van der Waals surface area (Å²) in [6.07, 6.45) is 3.11. The number of rotatable bonds is 8. The van der Waals surface area contributed by atoms with Crippen LogP contribution < -0.4 is 10.2 Å². The minimum atomic E-state index is 0.0436. The zero-order valence-corrected chi connectivity index (χ0v) is 17.9. The summed E-state index contributed by atoms with van der Waals surface area (Å²) in [6.45, 7) is 6.69. The highest BCUT2D eigenvalue weighted by Gasteiger charge is 2.16. The van der Waals surface area contributed by atoms with Crippen LogP contribution in [0.25, 0.3) is 0 Å². The van der Waals surface area contributed by atoms with E-state index in [1.807, 2.05) is 17.8 Å². The first-order chi connectivity index (χ1) is 13.6. The summed E-state index contributed by atoms with van der Waals surface area (Å²) in [7, 11) is 0. The van der Waals surface area contributed by atoms with Crippen molar-refractivity contribution in [1.29, 1.82) is 0 Å². The fourth-order valence-corrected chi connectivity index (χ4v) is 4.47. The van der Waals surface area contributed by atoms with Crippen LogP contribution in [0.1, 0.15) is 50.3 Å². The Labute approximate surface area is 173 Å². The number of hydrogen-bond acceptors (Lipinski definition) is 3. The molecule has 0 bridgehead atoms. The molecule has 1 N–H and O–H groups in total. The number of carbonyl (C=O) groups excluding carboxylic acids is 1. The number of hydrogen-bond donors (Lipinski definition) is 1. The Hall–Kier alpha value is -1.94. The highest BCUT2D eigenvalue weighted by atomic mass is 32.2. The van der Waals surface area contributed by atoms with E-state index in [2.05, 4.69) is 72.6 Å². The molecule has 0 radical (unpaired) electrons. The maximum Gasteiger partial charge on any atom is 0.221 e. The smallest absolute Gasteiger partial charge is 0.221 e. The normalized spacial score (nSPS) is 16.0. The second-order valence-electron chi connectivity index (χ2n) is 7.84. The topological polar surface area (TPSA) is 32.3 Å². The van der Waals surface area contributed by atoms with Gasteiger partial charge in [0, 0.05) is 36.7 Å². The van der Waals surface area contributed by atoms with Gasteiger partial charge in [-0.2, -0.15) is 11.8 Å². The third kappa shape index (κ3) is 6.30. The second kappa shape index (κ2) is 10.6. The maximum absolute atomic E-state index is 12.3. The van der Waals surface area contributed by atoms with Crippen LogP contribution in [0.5, 0.6) is 0 Å². The van der Waals surface area contributed by atoms with Crippen LogP contribution in [0.15, 0.2) is 54.6 Å². The number of anilines is 1. The van der Waals surface area contributed by atoms with Crippen LogP contribution >= 0.6 is 11.8 Å². The largest absolute Gasteiger partial charge is 0.372 e. The van der Waals surface area contributed by atoms with Crippen LogP contribution in [0.2, 0.25) is 0 Å². The molecule has 1 aliphatic rings. The van der Waals surface area contributed by atoms with Crippen molar-refractivity contribution in [3.8, 4) is 0 Å². The van der Waals surface area contributed by atoms with Gasteiger partial charge in [-0.05, 0) is 48.9 Å². The Morgan fingerprint density at radius 2 is 1.79 bits per heavy atom. The quantitative estimate of drug-likeness (QED) is 0.604. The predicted octanol–water partition coefficient (Wildman–Crippen LogP) is 5.42. The lowest BCUT2D eigenvalue weighted by atomic mass is 9.98. The van der Waals surface area contributed by atoms with Gasteiger partial charge in [-0.25, -0.2) is 0 Å². The highest BCUT2D eigenvalue weighted by molar-refractivity contribution is 7.98. The Morgan fingerprint density at radius 3 is 2.46 bits per heavy atom. The fraction of sp³-hybridized carbons (Fsp3) is 0.458. The summed E-state index contributed by atoms with van der Waals surface area (Å²) in [4.78, 5) is 14.7. The summed E-state index contributed by atoms with van der Waals surface area (Å²) in [6, 6.07) is 19.2. The summed E-state index contributed by atoms with van der Waals surface area (Å²) >= 11 is 1.81. The zero-order valence-electron chi connectivity index (χ0n) is 17.1. The molecule has 28 heavy (non-hydrogen) atoms. The standard InChI is InChI=1S/C24H32N2OS/c1-19-12-15-26(16-13-19)23-10-8-22(9-11-23)20(2)25-24(27)14-17-28-18-21-6-4-3-5-7-21/h3-11,19-20H,12-18H2,1-2H3,(H,25,27)/t20-/m0/s1.